The van der Waals surface area contributed by atoms with Gasteiger partial charge in [0.15, 0.2) is 0 Å². The molecule has 0 saturated carbocycles. The van der Waals surface area contributed by atoms with E-state index in [2.05, 4.69) is 26.0 Å². The minimum Gasteiger partial charge on any atom is -0.312 e. The second-order valence-corrected chi connectivity index (χ2v) is 4.45. The van der Waals surface area contributed by atoms with E-state index >= 15 is 0 Å². The molecule has 79 valence electrons. The molecule has 0 aromatic heterocycles. The maximum absolute atomic E-state index is 11.9. The van der Waals surface area contributed by atoms with Crippen LogP contribution in [0, 0.1) is 12.0 Å². The van der Waals surface area contributed by atoms with Crippen LogP contribution in [-0.4, -0.2) is 12.5 Å². The van der Waals surface area contributed by atoms with E-state index in [1.165, 1.54) is 5.56 Å². The van der Waals surface area contributed by atoms with Gasteiger partial charge in [0.25, 0.3) is 0 Å². The van der Waals surface area contributed by atoms with Crippen molar-refractivity contribution in [3.63, 3.8) is 0 Å². The van der Waals surface area contributed by atoms with Crippen LogP contribution in [0.3, 0.4) is 0 Å². The summed E-state index contributed by atoms with van der Waals surface area (Å²) in [7, 11) is 0. The lowest BCUT2D eigenvalue weighted by molar-refractivity contribution is -0.119. The number of hydrogen-bond acceptors (Lipinski definition) is 1. The van der Waals surface area contributed by atoms with Crippen molar-refractivity contribution in [2.45, 2.75) is 26.7 Å². The van der Waals surface area contributed by atoms with Crippen molar-refractivity contribution >= 4 is 11.6 Å². The van der Waals surface area contributed by atoms with E-state index < -0.39 is 0 Å². The summed E-state index contributed by atoms with van der Waals surface area (Å²) in [6.45, 7) is 4.98. The van der Waals surface area contributed by atoms with E-state index in [1.54, 1.807) is 0 Å². The highest BCUT2D eigenvalue weighted by molar-refractivity contribution is 5.95. The number of rotatable bonds is 2. The van der Waals surface area contributed by atoms with Gasteiger partial charge in [-0.05, 0) is 30.0 Å². The van der Waals surface area contributed by atoms with E-state index in [1.807, 2.05) is 17.0 Å². The Morgan fingerprint density at radius 2 is 2.40 bits per heavy atom. The molecule has 0 fully saturated rings. The molecule has 0 unspecified atom stereocenters. The molecule has 1 amide bonds. The first-order valence-corrected chi connectivity index (χ1v) is 5.48. The van der Waals surface area contributed by atoms with Crippen LogP contribution >= 0.6 is 0 Å². The number of carbonyl (C=O) groups is 1. The summed E-state index contributed by atoms with van der Waals surface area (Å²) in [5.74, 6) is 0.664. The third-order valence-electron chi connectivity index (χ3n) is 2.71. The topological polar surface area (TPSA) is 20.3 Å². The number of hydrogen-bond donors (Lipinski definition) is 0. The van der Waals surface area contributed by atoms with Gasteiger partial charge >= 0.3 is 0 Å². The molecule has 1 aliphatic heterocycles. The normalized spacial score (nSPS) is 14.5. The van der Waals surface area contributed by atoms with Gasteiger partial charge in [0, 0.05) is 18.7 Å². The van der Waals surface area contributed by atoms with Crippen LogP contribution < -0.4 is 4.90 Å². The van der Waals surface area contributed by atoms with Crippen molar-refractivity contribution in [2.75, 3.05) is 11.4 Å². The Morgan fingerprint density at radius 1 is 1.60 bits per heavy atom. The molecule has 2 nitrogen and oxygen atoms in total. The molecule has 0 atom stereocenters. The van der Waals surface area contributed by atoms with Crippen LogP contribution in [0.15, 0.2) is 18.2 Å². The quantitative estimate of drug-likeness (QED) is 0.721. The van der Waals surface area contributed by atoms with Gasteiger partial charge in [0.1, 0.15) is 0 Å². The van der Waals surface area contributed by atoms with Gasteiger partial charge in [-0.3, -0.25) is 4.79 Å². The average Bonchev–Trinajstić information content (AvgIpc) is 2.59. The Hall–Kier alpha value is -1.31. The van der Waals surface area contributed by atoms with Gasteiger partial charge in [-0.2, -0.15) is 0 Å². The number of benzene rings is 1. The first-order valence-electron chi connectivity index (χ1n) is 5.48. The zero-order valence-corrected chi connectivity index (χ0v) is 9.29. The monoisotopic (exact) mass is 202 g/mol. The Labute approximate surface area is 90.9 Å². The third-order valence-corrected chi connectivity index (χ3v) is 2.71. The van der Waals surface area contributed by atoms with Crippen molar-refractivity contribution in [1.29, 1.82) is 0 Å². The zero-order chi connectivity index (χ0) is 10.8. The molecular weight excluding hydrogens is 186 g/mol. The zero-order valence-electron chi connectivity index (χ0n) is 9.29. The van der Waals surface area contributed by atoms with Crippen LogP contribution in [0.25, 0.3) is 0 Å². The molecule has 0 bridgehead atoms. The van der Waals surface area contributed by atoms with E-state index in [9.17, 15) is 4.79 Å². The van der Waals surface area contributed by atoms with Crippen molar-refractivity contribution < 1.29 is 4.79 Å². The predicted octanol–water partition coefficient (Wildman–Crippen LogP) is 2.42. The largest absolute Gasteiger partial charge is 0.312 e. The number of fused-ring (bicyclic) bond motifs is 1. The van der Waals surface area contributed by atoms with Gasteiger partial charge in [-0.25, -0.2) is 0 Å². The first kappa shape index (κ1) is 10.2. The van der Waals surface area contributed by atoms with Crippen LogP contribution in [0.5, 0.6) is 0 Å². The molecule has 1 heterocycles. The molecular formula is C13H16NO. The van der Waals surface area contributed by atoms with E-state index in [-0.39, 0.29) is 5.91 Å². The average molecular weight is 202 g/mol. The maximum Gasteiger partial charge on any atom is 0.227 e. The summed E-state index contributed by atoms with van der Waals surface area (Å²) in [6.07, 6.45) is 1.61. The molecule has 2 rings (SSSR count). The summed E-state index contributed by atoms with van der Waals surface area (Å²) in [6, 6.07) is 8.92. The lowest BCUT2D eigenvalue weighted by Crippen LogP contribution is -2.29. The molecule has 0 aliphatic carbocycles. The molecule has 0 spiro atoms. The van der Waals surface area contributed by atoms with Crippen molar-refractivity contribution in [3.8, 4) is 0 Å². The summed E-state index contributed by atoms with van der Waals surface area (Å²) in [5, 5.41) is 0. The predicted molar refractivity (Wildman–Crippen MR) is 60.8 cm³/mol. The minimum atomic E-state index is 0.239. The Kier molecular flexibility index (Phi) is 2.76. The molecule has 0 N–H and O–H groups in total. The fourth-order valence-electron chi connectivity index (χ4n) is 1.99. The van der Waals surface area contributed by atoms with Gasteiger partial charge in [0.2, 0.25) is 5.91 Å². The van der Waals surface area contributed by atoms with Crippen LogP contribution in [0.2, 0.25) is 0 Å². The Bertz CT molecular complexity index is 371. The SMILES string of the molecule is CC(C)CC(=O)N1CCc2cc[c]cc21. The lowest BCUT2D eigenvalue weighted by Gasteiger charge is -2.18. The Morgan fingerprint density at radius 3 is 3.13 bits per heavy atom. The smallest absolute Gasteiger partial charge is 0.227 e. The molecule has 1 aliphatic rings. The molecule has 1 aromatic rings. The lowest BCUT2D eigenvalue weighted by atomic mass is 10.1. The third kappa shape index (κ3) is 2.04. The number of carbonyl (C=O) groups excluding carboxylic acids is 1. The van der Waals surface area contributed by atoms with Crippen LogP contribution in [-0.2, 0) is 11.2 Å². The summed E-state index contributed by atoms with van der Waals surface area (Å²) in [4.78, 5) is 13.8. The fraction of sp³-hybridized carbons (Fsp3) is 0.462. The molecule has 0 saturated heterocycles. The molecule has 1 radical (unpaired) electrons. The number of nitrogens with zero attached hydrogens (tertiary/aromatic N) is 1. The summed E-state index contributed by atoms with van der Waals surface area (Å²) >= 11 is 0. The molecule has 1 aromatic carbocycles. The number of anilines is 1. The fourth-order valence-corrected chi connectivity index (χ4v) is 1.99. The highest BCUT2D eigenvalue weighted by Crippen LogP contribution is 2.28. The van der Waals surface area contributed by atoms with Crippen molar-refractivity contribution in [1.82, 2.24) is 0 Å². The second-order valence-electron chi connectivity index (χ2n) is 4.45. The summed E-state index contributed by atoms with van der Waals surface area (Å²) in [5.41, 5.74) is 2.33. The molecule has 15 heavy (non-hydrogen) atoms. The summed E-state index contributed by atoms with van der Waals surface area (Å²) < 4.78 is 0. The highest BCUT2D eigenvalue weighted by Gasteiger charge is 2.24. The number of amides is 1. The van der Waals surface area contributed by atoms with Gasteiger partial charge in [0.05, 0.1) is 0 Å². The van der Waals surface area contributed by atoms with Crippen LogP contribution in [0.1, 0.15) is 25.8 Å². The second kappa shape index (κ2) is 4.05. The maximum atomic E-state index is 11.9. The van der Waals surface area contributed by atoms with E-state index in [0.29, 0.717) is 12.3 Å². The van der Waals surface area contributed by atoms with Crippen molar-refractivity contribution in [3.05, 3.63) is 29.8 Å². The van der Waals surface area contributed by atoms with Crippen molar-refractivity contribution in [2.24, 2.45) is 5.92 Å². The van der Waals surface area contributed by atoms with Gasteiger partial charge < -0.3 is 4.90 Å². The van der Waals surface area contributed by atoms with Crippen LogP contribution in [0.4, 0.5) is 5.69 Å². The highest BCUT2D eigenvalue weighted by atomic mass is 16.2. The van der Waals surface area contributed by atoms with E-state index in [0.717, 1.165) is 18.7 Å². The van der Waals surface area contributed by atoms with E-state index in [4.69, 9.17) is 0 Å². The van der Waals surface area contributed by atoms with Gasteiger partial charge in [-0.15, -0.1) is 0 Å². The minimum absolute atomic E-state index is 0.239. The molecule has 2 heteroatoms. The van der Waals surface area contributed by atoms with Gasteiger partial charge in [-0.1, -0.05) is 26.0 Å². The standard InChI is InChI=1S/C13H16NO/c1-10(2)9-13(15)14-8-7-11-5-3-4-6-12(11)14/h3,5-6,10H,7-9H2,1-2H3. The first-order chi connectivity index (χ1) is 7.18. The Balaban J connectivity index is 2.17.